The van der Waals surface area contributed by atoms with Gasteiger partial charge in [-0.25, -0.2) is 0 Å². The summed E-state index contributed by atoms with van der Waals surface area (Å²) in [7, 11) is 0. The SMILES string of the molecule is CC(O)CC(C)(C)CNC(=O)c1ccc(N2CCCC2)c([N+](=O)[O-])c1. The third-order valence-corrected chi connectivity index (χ3v) is 4.46. The summed E-state index contributed by atoms with van der Waals surface area (Å²) in [6, 6.07) is 4.65. The Hall–Kier alpha value is -2.15. The number of anilines is 1. The van der Waals surface area contributed by atoms with Crippen molar-refractivity contribution >= 4 is 17.3 Å². The molecule has 1 atom stereocenters. The molecule has 2 N–H and O–H groups in total. The third kappa shape index (κ3) is 5.16. The number of aliphatic hydroxyl groups excluding tert-OH is 1. The molecule has 1 aromatic carbocycles. The van der Waals surface area contributed by atoms with Crippen molar-refractivity contribution in [1.29, 1.82) is 0 Å². The van der Waals surface area contributed by atoms with E-state index in [1.54, 1.807) is 19.1 Å². The Kier molecular flexibility index (Phi) is 6.00. The highest BCUT2D eigenvalue weighted by Gasteiger charge is 2.25. The number of nitro groups is 1. The predicted molar refractivity (Wildman–Crippen MR) is 97.0 cm³/mol. The Bertz CT molecular complexity index is 637. The van der Waals surface area contributed by atoms with E-state index in [1.165, 1.54) is 6.07 Å². The average Bonchev–Trinajstić information content (AvgIpc) is 3.05. The summed E-state index contributed by atoms with van der Waals surface area (Å²) in [5, 5.41) is 23.7. The Balaban J connectivity index is 2.12. The molecular formula is C18H27N3O4. The van der Waals surface area contributed by atoms with E-state index >= 15 is 0 Å². The number of aliphatic hydroxyl groups is 1. The molecule has 0 radical (unpaired) electrons. The summed E-state index contributed by atoms with van der Waals surface area (Å²) in [6.45, 7) is 7.63. The van der Waals surface area contributed by atoms with Gasteiger partial charge in [0.15, 0.2) is 0 Å². The molecule has 1 unspecified atom stereocenters. The predicted octanol–water partition coefficient (Wildman–Crippen LogP) is 2.72. The van der Waals surface area contributed by atoms with Crippen LogP contribution in [0.1, 0.15) is 50.4 Å². The lowest BCUT2D eigenvalue weighted by molar-refractivity contribution is -0.384. The first-order valence-electron chi connectivity index (χ1n) is 8.69. The van der Waals surface area contributed by atoms with Crippen molar-refractivity contribution < 1.29 is 14.8 Å². The van der Waals surface area contributed by atoms with Crippen molar-refractivity contribution in [2.45, 2.75) is 46.1 Å². The number of hydrogen-bond acceptors (Lipinski definition) is 5. The van der Waals surface area contributed by atoms with Gasteiger partial charge in [0.05, 0.1) is 11.0 Å². The first-order valence-corrected chi connectivity index (χ1v) is 8.69. The number of nitrogens with one attached hydrogen (secondary N) is 1. The summed E-state index contributed by atoms with van der Waals surface area (Å²) in [5.41, 5.74) is 0.569. The average molecular weight is 349 g/mol. The van der Waals surface area contributed by atoms with Crippen LogP contribution in [-0.2, 0) is 0 Å². The van der Waals surface area contributed by atoms with Gasteiger partial charge in [0, 0.05) is 31.3 Å². The smallest absolute Gasteiger partial charge is 0.293 e. The number of nitro benzene ring substituents is 1. The van der Waals surface area contributed by atoms with Gasteiger partial charge in [-0.2, -0.15) is 0 Å². The molecule has 1 amide bonds. The highest BCUT2D eigenvalue weighted by atomic mass is 16.6. The third-order valence-electron chi connectivity index (χ3n) is 4.46. The minimum atomic E-state index is -0.451. The van der Waals surface area contributed by atoms with Crippen molar-refractivity contribution in [2.24, 2.45) is 5.41 Å². The molecule has 7 nitrogen and oxygen atoms in total. The molecule has 2 rings (SSSR count). The number of hydrogen-bond donors (Lipinski definition) is 2. The summed E-state index contributed by atoms with van der Waals surface area (Å²) >= 11 is 0. The lowest BCUT2D eigenvalue weighted by atomic mass is 9.87. The van der Waals surface area contributed by atoms with Gasteiger partial charge in [0.1, 0.15) is 5.69 Å². The zero-order valence-electron chi connectivity index (χ0n) is 15.1. The number of rotatable bonds is 7. The molecular weight excluding hydrogens is 322 g/mol. The second-order valence-electron chi connectivity index (χ2n) is 7.55. The van der Waals surface area contributed by atoms with Crippen molar-refractivity contribution in [3.63, 3.8) is 0 Å². The van der Waals surface area contributed by atoms with Crippen LogP contribution in [0.3, 0.4) is 0 Å². The van der Waals surface area contributed by atoms with E-state index in [1.807, 2.05) is 18.7 Å². The normalized spacial score (nSPS) is 15.9. The molecule has 1 fully saturated rings. The molecule has 0 aromatic heterocycles. The molecule has 0 spiro atoms. The van der Waals surface area contributed by atoms with Gasteiger partial charge in [-0.1, -0.05) is 13.8 Å². The number of carbonyl (C=O) groups is 1. The van der Waals surface area contributed by atoms with Crippen LogP contribution in [-0.4, -0.2) is 41.7 Å². The molecule has 1 aliphatic rings. The quantitative estimate of drug-likeness (QED) is 0.583. The first kappa shape index (κ1) is 19.2. The topological polar surface area (TPSA) is 95.7 Å². The maximum Gasteiger partial charge on any atom is 0.293 e. The number of benzene rings is 1. The van der Waals surface area contributed by atoms with Gasteiger partial charge in [0.25, 0.3) is 11.6 Å². The molecule has 0 aliphatic carbocycles. The van der Waals surface area contributed by atoms with Crippen LogP contribution >= 0.6 is 0 Å². The fraction of sp³-hybridized carbons (Fsp3) is 0.611. The fourth-order valence-electron chi connectivity index (χ4n) is 3.33. The highest BCUT2D eigenvalue weighted by Crippen LogP contribution is 2.31. The second kappa shape index (κ2) is 7.82. The number of nitrogens with zero attached hydrogens (tertiary/aromatic N) is 2. The van der Waals surface area contributed by atoms with Crippen LogP contribution in [0.15, 0.2) is 18.2 Å². The van der Waals surface area contributed by atoms with Gasteiger partial charge in [-0.3, -0.25) is 14.9 Å². The largest absolute Gasteiger partial charge is 0.393 e. The minimum Gasteiger partial charge on any atom is -0.393 e. The van der Waals surface area contributed by atoms with Gasteiger partial charge in [-0.05, 0) is 43.7 Å². The molecule has 25 heavy (non-hydrogen) atoms. The zero-order chi connectivity index (χ0) is 18.6. The zero-order valence-corrected chi connectivity index (χ0v) is 15.1. The van der Waals surface area contributed by atoms with Crippen molar-refractivity contribution in [3.8, 4) is 0 Å². The van der Waals surface area contributed by atoms with E-state index in [-0.39, 0.29) is 22.6 Å². The Morgan fingerprint density at radius 3 is 2.60 bits per heavy atom. The van der Waals surface area contributed by atoms with Gasteiger partial charge in [-0.15, -0.1) is 0 Å². The lowest BCUT2D eigenvalue weighted by Crippen LogP contribution is -2.35. The fourth-order valence-corrected chi connectivity index (χ4v) is 3.33. The molecule has 1 aliphatic heterocycles. The summed E-state index contributed by atoms with van der Waals surface area (Å²) < 4.78 is 0. The van der Waals surface area contributed by atoms with E-state index in [0.29, 0.717) is 18.7 Å². The maximum absolute atomic E-state index is 12.4. The van der Waals surface area contributed by atoms with Crippen molar-refractivity contribution in [2.75, 3.05) is 24.5 Å². The van der Waals surface area contributed by atoms with E-state index < -0.39 is 11.0 Å². The molecule has 1 heterocycles. The van der Waals surface area contributed by atoms with Crippen LogP contribution in [0.4, 0.5) is 11.4 Å². The van der Waals surface area contributed by atoms with E-state index in [4.69, 9.17) is 0 Å². The Labute approximate surface area is 148 Å². The number of amides is 1. The summed E-state index contributed by atoms with van der Waals surface area (Å²) in [6.07, 6.45) is 2.16. The molecule has 7 heteroatoms. The van der Waals surface area contributed by atoms with Crippen LogP contribution in [0.25, 0.3) is 0 Å². The molecule has 138 valence electrons. The summed E-state index contributed by atoms with van der Waals surface area (Å²) in [4.78, 5) is 25.3. The molecule has 1 aromatic rings. The van der Waals surface area contributed by atoms with E-state index in [0.717, 1.165) is 25.9 Å². The maximum atomic E-state index is 12.4. The highest BCUT2D eigenvalue weighted by molar-refractivity contribution is 5.95. The number of carbonyl (C=O) groups excluding carboxylic acids is 1. The lowest BCUT2D eigenvalue weighted by Gasteiger charge is -2.26. The van der Waals surface area contributed by atoms with Gasteiger partial charge >= 0.3 is 0 Å². The van der Waals surface area contributed by atoms with Crippen LogP contribution in [0.5, 0.6) is 0 Å². The van der Waals surface area contributed by atoms with Gasteiger partial charge < -0.3 is 15.3 Å². The van der Waals surface area contributed by atoms with Crippen molar-refractivity contribution in [1.82, 2.24) is 5.32 Å². The monoisotopic (exact) mass is 349 g/mol. The van der Waals surface area contributed by atoms with E-state index in [2.05, 4.69) is 5.32 Å². The second-order valence-corrected chi connectivity index (χ2v) is 7.55. The van der Waals surface area contributed by atoms with E-state index in [9.17, 15) is 20.0 Å². The summed E-state index contributed by atoms with van der Waals surface area (Å²) in [5.74, 6) is -0.338. The minimum absolute atomic E-state index is 0.0298. The Morgan fingerprint density at radius 1 is 1.40 bits per heavy atom. The molecule has 0 saturated carbocycles. The molecule has 0 bridgehead atoms. The van der Waals surface area contributed by atoms with Gasteiger partial charge in [0.2, 0.25) is 0 Å². The standard InChI is InChI=1S/C18H27N3O4/c1-13(22)11-18(2,3)12-19-17(23)14-6-7-15(16(10-14)21(24)25)20-8-4-5-9-20/h6-7,10,13,22H,4-5,8-9,11-12H2,1-3H3,(H,19,23). The van der Waals surface area contributed by atoms with Crippen LogP contribution in [0, 0.1) is 15.5 Å². The van der Waals surface area contributed by atoms with Crippen LogP contribution in [0.2, 0.25) is 0 Å². The van der Waals surface area contributed by atoms with Crippen molar-refractivity contribution in [3.05, 3.63) is 33.9 Å². The Morgan fingerprint density at radius 2 is 2.04 bits per heavy atom. The van der Waals surface area contributed by atoms with Crippen LogP contribution < -0.4 is 10.2 Å². The first-order chi connectivity index (χ1) is 11.7. The molecule has 1 saturated heterocycles.